The average Bonchev–Trinajstić information content (AvgIpc) is 2.62. The van der Waals surface area contributed by atoms with Crippen molar-refractivity contribution in [3.05, 3.63) is 24.5 Å². The van der Waals surface area contributed by atoms with Crippen LogP contribution in [0, 0.1) is 0 Å². The van der Waals surface area contributed by atoms with Crippen LogP contribution in [0.2, 0.25) is 0 Å². The van der Waals surface area contributed by atoms with Crippen LogP contribution < -0.4 is 10.1 Å². The minimum atomic E-state index is -0.196. The zero-order valence-electron chi connectivity index (χ0n) is 14.3. The van der Waals surface area contributed by atoms with Crippen molar-refractivity contribution in [3.63, 3.8) is 0 Å². The summed E-state index contributed by atoms with van der Waals surface area (Å²) in [6, 6.07) is 3.69. The summed E-state index contributed by atoms with van der Waals surface area (Å²) in [4.78, 5) is 18.3. The van der Waals surface area contributed by atoms with Gasteiger partial charge in [0.2, 0.25) is 0 Å². The molecule has 1 saturated heterocycles. The first-order chi connectivity index (χ1) is 11.3. The van der Waals surface area contributed by atoms with Gasteiger partial charge in [0, 0.05) is 25.8 Å². The molecule has 1 aromatic heterocycles. The number of carbonyl (C=O) groups excluding carboxylic acids is 1. The lowest BCUT2D eigenvalue weighted by Gasteiger charge is -2.36. The van der Waals surface area contributed by atoms with Crippen molar-refractivity contribution < 1.29 is 14.3 Å². The van der Waals surface area contributed by atoms with E-state index in [2.05, 4.69) is 10.3 Å². The molecule has 1 aliphatic heterocycles. The molecule has 1 aromatic rings. The smallest absolute Gasteiger partial charge is 0.410 e. The van der Waals surface area contributed by atoms with Crippen LogP contribution in [0.1, 0.15) is 32.1 Å². The molecule has 6 nitrogen and oxygen atoms in total. The third-order valence-electron chi connectivity index (χ3n) is 4.48. The lowest BCUT2D eigenvalue weighted by molar-refractivity contribution is 0.0236. The predicted molar refractivity (Wildman–Crippen MR) is 101 cm³/mol. The molecule has 1 saturated carbocycles. The van der Waals surface area contributed by atoms with Gasteiger partial charge in [-0.15, -0.1) is 24.8 Å². The summed E-state index contributed by atoms with van der Waals surface area (Å²) >= 11 is 0. The van der Waals surface area contributed by atoms with Gasteiger partial charge in [-0.1, -0.05) is 6.42 Å². The van der Waals surface area contributed by atoms with E-state index in [9.17, 15) is 4.79 Å². The molecule has 1 amide bonds. The van der Waals surface area contributed by atoms with Crippen LogP contribution in [-0.2, 0) is 4.74 Å². The highest BCUT2D eigenvalue weighted by molar-refractivity contribution is 5.85. The number of nitrogens with zero attached hydrogens (tertiary/aromatic N) is 2. The summed E-state index contributed by atoms with van der Waals surface area (Å²) in [5.41, 5.74) is 0. The van der Waals surface area contributed by atoms with Crippen molar-refractivity contribution in [1.82, 2.24) is 15.2 Å². The van der Waals surface area contributed by atoms with E-state index in [1.54, 1.807) is 12.4 Å². The number of rotatable bonds is 4. The molecular formula is C17H27Cl2N3O3. The first-order valence-corrected chi connectivity index (χ1v) is 8.54. The molecule has 2 aliphatic rings. The van der Waals surface area contributed by atoms with Gasteiger partial charge in [0.15, 0.2) is 0 Å². The number of hydrogen-bond donors (Lipinski definition) is 1. The highest BCUT2D eigenvalue weighted by Gasteiger charge is 2.30. The van der Waals surface area contributed by atoms with Crippen LogP contribution in [0.5, 0.6) is 5.75 Å². The third kappa shape index (κ3) is 6.53. The van der Waals surface area contributed by atoms with E-state index < -0.39 is 0 Å². The van der Waals surface area contributed by atoms with Gasteiger partial charge in [-0.3, -0.25) is 9.88 Å². The maximum atomic E-state index is 12.5. The minimum Gasteiger partial charge on any atom is -0.490 e. The van der Waals surface area contributed by atoms with E-state index in [-0.39, 0.29) is 43.1 Å². The second-order valence-corrected chi connectivity index (χ2v) is 6.19. The number of aromatic nitrogens is 1. The van der Waals surface area contributed by atoms with E-state index >= 15 is 0 Å². The maximum absolute atomic E-state index is 12.5. The van der Waals surface area contributed by atoms with E-state index in [0.717, 1.165) is 44.5 Å². The molecule has 1 atom stereocenters. The van der Waals surface area contributed by atoms with Gasteiger partial charge < -0.3 is 14.8 Å². The number of pyridine rings is 1. The summed E-state index contributed by atoms with van der Waals surface area (Å²) in [6.45, 7) is 2.62. The van der Waals surface area contributed by atoms with E-state index in [0.29, 0.717) is 13.2 Å². The van der Waals surface area contributed by atoms with Gasteiger partial charge in [0.05, 0.1) is 12.2 Å². The minimum absolute atomic E-state index is 0. The molecule has 1 N–H and O–H groups in total. The molecule has 142 valence electrons. The Morgan fingerprint density at radius 3 is 2.80 bits per heavy atom. The zero-order chi connectivity index (χ0) is 15.9. The fraction of sp³-hybridized carbons (Fsp3) is 0.647. The van der Waals surface area contributed by atoms with Crippen LogP contribution in [0.25, 0.3) is 0 Å². The number of ether oxygens (including phenoxy) is 2. The fourth-order valence-electron chi connectivity index (χ4n) is 3.17. The fourth-order valence-corrected chi connectivity index (χ4v) is 3.17. The van der Waals surface area contributed by atoms with Gasteiger partial charge >= 0.3 is 6.09 Å². The summed E-state index contributed by atoms with van der Waals surface area (Å²) in [6.07, 6.45) is 8.85. The summed E-state index contributed by atoms with van der Waals surface area (Å²) in [5.74, 6) is 0.721. The Morgan fingerprint density at radius 1 is 1.28 bits per heavy atom. The van der Waals surface area contributed by atoms with E-state index in [1.165, 1.54) is 6.42 Å². The van der Waals surface area contributed by atoms with Crippen molar-refractivity contribution in [2.45, 2.75) is 44.2 Å². The van der Waals surface area contributed by atoms with Crippen LogP contribution in [-0.4, -0.2) is 54.4 Å². The molecule has 25 heavy (non-hydrogen) atoms. The number of nitrogens with one attached hydrogen (secondary N) is 1. The average molecular weight is 392 g/mol. The van der Waals surface area contributed by atoms with Crippen molar-refractivity contribution >= 4 is 30.9 Å². The molecule has 3 rings (SSSR count). The standard InChI is InChI=1S/C17H25N3O3.2ClH/c21-17(23-15-5-2-1-3-6-15)20-10-9-19-11-14(20)13-22-16-7-4-8-18-12-16;;/h4,7-8,12,14-15,19H,1-3,5-6,9-11,13H2;2*1H. The molecular weight excluding hydrogens is 365 g/mol. The summed E-state index contributed by atoms with van der Waals surface area (Å²) in [5, 5.41) is 3.31. The van der Waals surface area contributed by atoms with Crippen LogP contribution in [0.15, 0.2) is 24.5 Å². The van der Waals surface area contributed by atoms with E-state index in [4.69, 9.17) is 9.47 Å². The van der Waals surface area contributed by atoms with Crippen LogP contribution >= 0.6 is 24.8 Å². The topological polar surface area (TPSA) is 63.7 Å². The molecule has 1 aliphatic carbocycles. The third-order valence-corrected chi connectivity index (χ3v) is 4.48. The Morgan fingerprint density at radius 2 is 2.08 bits per heavy atom. The molecule has 2 fully saturated rings. The van der Waals surface area contributed by atoms with Crippen LogP contribution in [0.3, 0.4) is 0 Å². The second kappa shape index (κ2) is 11.4. The number of hydrogen-bond acceptors (Lipinski definition) is 5. The van der Waals surface area contributed by atoms with Gasteiger partial charge in [-0.05, 0) is 37.8 Å². The van der Waals surface area contributed by atoms with Crippen molar-refractivity contribution in [2.75, 3.05) is 26.2 Å². The number of piperazine rings is 1. The van der Waals surface area contributed by atoms with Crippen LogP contribution in [0.4, 0.5) is 4.79 Å². The van der Waals surface area contributed by atoms with Gasteiger partial charge in [0.25, 0.3) is 0 Å². The van der Waals surface area contributed by atoms with Gasteiger partial charge in [0.1, 0.15) is 18.5 Å². The normalized spacial score (nSPS) is 20.8. The lowest BCUT2D eigenvalue weighted by Crippen LogP contribution is -2.56. The Kier molecular flexibility index (Phi) is 9.93. The molecule has 8 heteroatoms. The van der Waals surface area contributed by atoms with Crippen molar-refractivity contribution in [2.24, 2.45) is 0 Å². The molecule has 2 heterocycles. The molecule has 0 radical (unpaired) electrons. The predicted octanol–water partition coefficient (Wildman–Crippen LogP) is 3.05. The SMILES string of the molecule is Cl.Cl.O=C(OC1CCCCC1)N1CCNCC1COc1cccnc1. The number of amides is 1. The molecule has 0 aromatic carbocycles. The highest BCUT2D eigenvalue weighted by Crippen LogP contribution is 2.21. The number of carbonyl (C=O) groups is 1. The maximum Gasteiger partial charge on any atom is 0.410 e. The zero-order valence-corrected chi connectivity index (χ0v) is 15.9. The molecule has 0 bridgehead atoms. The molecule has 1 unspecified atom stereocenters. The molecule has 0 spiro atoms. The van der Waals surface area contributed by atoms with E-state index in [1.807, 2.05) is 17.0 Å². The quantitative estimate of drug-likeness (QED) is 0.854. The first kappa shape index (κ1) is 21.8. The number of halogens is 2. The first-order valence-electron chi connectivity index (χ1n) is 8.54. The monoisotopic (exact) mass is 391 g/mol. The Hall–Kier alpha value is -1.24. The van der Waals surface area contributed by atoms with Gasteiger partial charge in [-0.25, -0.2) is 4.79 Å². The summed E-state index contributed by atoms with van der Waals surface area (Å²) < 4.78 is 11.5. The summed E-state index contributed by atoms with van der Waals surface area (Å²) in [7, 11) is 0. The second-order valence-electron chi connectivity index (χ2n) is 6.19. The van der Waals surface area contributed by atoms with Gasteiger partial charge in [-0.2, -0.15) is 0 Å². The van der Waals surface area contributed by atoms with Crippen molar-refractivity contribution in [3.8, 4) is 5.75 Å². The largest absolute Gasteiger partial charge is 0.490 e. The Bertz CT molecular complexity index is 501. The lowest BCUT2D eigenvalue weighted by atomic mass is 9.98. The Labute approximate surface area is 161 Å². The Balaban J connectivity index is 0.00000156. The van der Waals surface area contributed by atoms with Crippen molar-refractivity contribution in [1.29, 1.82) is 0 Å². The highest BCUT2D eigenvalue weighted by atomic mass is 35.5.